The van der Waals surface area contributed by atoms with Gasteiger partial charge >= 0.3 is 0 Å². The Bertz CT molecular complexity index is 995. The average Bonchev–Trinajstić information content (AvgIpc) is 2.71. The molecule has 0 bridgehead atoms. The Morgan fingerprint density at radius 1 is 0.889 bits per heavy atom. The maximum absolute atomic E-state index is 12.7. The summed E-state index contributed by atoms with van der Waals surface area (Å²) in [5.74, 6) is 0. The fraction of sp³-hybridized carbons (Fsp3) is 0.238. The van der Waals surface area contributed by atoms with Crippen LogP contribution in [-0.4, -0.2) is 36.0 Å². The molecular weight excluding hydrogens is 360 g/mol. The fourth-order valence-electron chi connectivity index (χ4n) is 3.43. The number of hydrogen-bond acceptors (Lipinski definition) is 4. The van der Waals surface area contributed by atoms with E-state index in [1.165, 1.54) is 15.9 Å². The van der Waals surface area contributed by atoms with Gasteiger partial charge in [0, 0.05) is 31.9 Å². The number of para-hydroxylation sites is 1. The first-order chi connectivity index (χ1) is 13.1. The summed E-state index contributed by atoms with van der Waals surface area (Å²) in [4.78, 5) is 17.2. The van der Waals surface area contributed by atoms with Crippen LogP contribution in [0.1, 0.15) is 5.56 Å². The van der Waals surface area contributed by atoms with Gasteiger partial charge in [0.05, 0.1) is 17.6 Å². The number of hydrogen-bond donors (Lipinski definition) is 0. The standard InChI is InChI=1S/C21H21ClN4O/c1-16-6-5-9-18(14-16)24-10-12-25(13-11-24)19-15-23-26(21(27)20(19)22)17-7-3-2-4-8-17/h2-9,14-15H,10-13H2,1H3. The lowest BCUT2D eigenvalue weighted by molar-refractivity contribution is 0.649. The third-order valence-electron chi connectivity index (χ3n) is 4.89. The summed E-state index contributed by atoms with van der Waals surface area (Å²) in [7, 11) is 0. The van der Waals surface area contributed by atoms with Crippen molar-refractivity contribution in [2.24, 2.45) is 0 Å². The molecule has 1 aliphatic heterocycles. The van der Waals surface area contributed by atoms with Gasteiger partial charge in [0.15, 0.2) is 0 Å². The second kappa shape index (κ2) is 7.45. The van der Waals surface area contributed by atoms with Gasteiger partial charge in [-0.1, -0.05) is 41.9 Å². The topological polar surface area (TPSA) is 41.4 Å². The van der Waals surface area contributed by atoms with E-state index in [-0.39, 0.29) is 10.6 Å². The predicted molar refractivity (Wildman–Crippen MR) is 110 cm³/mol. The molecule has 0 aliphatic carbocycles. The second-order valence-electron chi connectivity index (χ2n) is 6.71. The SMILES string of the molecule is Cc1cccc(N2CCN(c3cnn(-c4ccccc4)c(=O)c3Cl)CC2)c1. The fourth-order valence-corrected chi connectivity index (χ4v) is 3.68. The quantitative estimate of drug-likeness (QED) is 0.697. The van der Waals surface area contributed by atoms with Crippen LogP contribution in [0.25, 0.3) is 5.69 Å². The van der Waals surface area contributed by atoms with E-state index in [9.17, 15) is 4.79 Å². The van der Waals surface area contributed by atoms with Crippen molar-refractivity contribution in [2.45, 2.75) is 6.92 Å². The molecule has 0 amide bonds. The minimum atomic E-state index is -0.290. The lowest BCUT2D eigenvalue weighted by atomic mass is 10.2. The Labute approximate surface area is 163 Å². The van der Waals surface area contributed by atoms with Crippen molar-refractivity contribution in [1.82, 2.24) is 9.78 Å². The van der Waals surface area contributed by atoms with Crippen LogP contribution in [-0.2, 0) is 0 Å². The highest BCUT2D eigenvalue weighted by Gasteiger charge is 2.21. The zero-order valence-corrected chi connectivity index (χ0v) is 15.9. The molecule has 6 heteroatoms. The van der Waals surface area contributed by atoms with E-state index in [1.807, 2.05) is 30.3 Å². The van der Waals surface area contributed by atoms with Crippen molar-refractivity contribution < 1.29 is 0 Å². The Balaban J connectivity index is 1.53. The van der Waals surface area contributed by atoms with Crippen LogP contribution in [0.15, 0.2) is 65.6 Å². The van der Waals surface area contributed by atoms with E-state index in [0.717, 1.165) is 26.2 Å². The summed E-state index contributed by atoms with van der Waals surface area (Å²) in [5.41, 5.74) is 3.62. The van der Waals surface area contributed by atoms with Crippen LogP contribution >= 0.6 is 11.6 Å². The molecule has 0 spiro atoms. The van der Waals surface area contributed by atoms with E-state index in [4.69, 9.17) is 11.6 Å². The average molecular weight is 381 g/mol. The number of benzene rings is 2. The van der Waals surface area contributed by atoms with Crippen molar-refractivity contribution in [2.75, 3.05) is 36.0 Å². The number of aromatic nitrogens is 2. The number of rotatable bonds is 3. The van der Waals surface area contributed by atoms with Gasteiger partial charge in [0.25, 0.3) is 5.56 Å². The minimum Gasteiger partial charge on any atom is -0.368 e. The summed E-state index contributed by atoms with van der Waals surface area (Å²) in [6.45, 7) is 5.45. The molecule has 5 nitrogen and oxygen atoms in total. The van der Waals surface area contributed by atoms with E-state index in [1.54, 1.807) is 6.20 Å². The van der Waals surface area contributed by atoms with E-state index in [2.05, 4.69) is 46.1 Å². The summed E-state index contributed by atoms with van der Waals surface area (Å²) in [6.07, 6.45) is 1.69. The molecule has 0 N–H and O–H groups in total. The Morgan fingerprint density at radius 2 is 1.56 bits per heavy atom. The van der Waals surface area contributed by atoms with E-state index in [0.29, 0.717) is 11.4 Å². The molecule has 4 rings (SSSR count). The molecule has 1 aromatic heterocycles. The highest BCUT2D eigenvalue weighted by atomic mass is 35.5. The maximum atomic E-state index is 12.7. The second-order valence-corrected chi connectivity index (χ2v) is 7.09. The smallest absolute Gasteiger partial charge is 0.292 e. The molecule has 0 unspecified atom stereocenters. The van der Waals surface area contributed by atoms with Gasteiger partial charge in [0.1, 0.15) is 5.02 Å². The van der Waals surface area contributed by atoms with Gasteiger partial charge in [-0.05, 0) is 36.8 Å². The monoisotopic (exact) mass is 380 g/mol. The zero-order chi connectivity index (χ0) is 18.8. The summed E-state index contributed by atoms with van der Waals surface area (Å²) in [6, 6.07) is 17.8. The summed E-state index contributed by atoms with van der Waals surface area (Å²) < 4.78 is 1.34. The van der Waals surface area contributed by atoms with Crippen molar-refractivity contribution in [3.8, 4) is 5.69 Å². The van der Waals surface area contributed by atoms with Crippen LogP contribution in [0.2, 0.25) is 5.02 Å². The largest absolute Gasteiger partial charge is 0.368 e. The molecule has 1 aliphatic rings. The van der Waals surface area contributed by atoms with Gasteiger partial charge in [0.2, 0.25) is 0 Å². The van der Waals surface area contributed by atoms with Crippen molar-refractivity contribution >= 4 is 23.0 Å². The first-order valence-electron chi connectivity index (χ1n) is 9.03. The molecule has 0 atom stereocenters. The molecule has 2 aromatic carbocycles. The van der Waals surface area contributed by atoms with Crippen molar-refractivity contribution in [3.05, 3.63) is 81.7 Å². The lowest BCUT2D eigenvalue weighted by Gasteiger charge is -2.37. The maximum Gasteiger partial charge on any atom is 0.292 e. The van der Waals surface area contributed by atoms with Crippen molar-refractivity contribution in [3.63, 3.8) is 0 Å². The molecule has 138 valence electrons. The molecule has 3 aromatic rings. The molecule has 0 radical (unpaired) electrons. The minimum absolute atomic E-state index is 0.220. The van der Waals surface area contributed by atoms with E-state index < -0.39 is 0 Å². The third kappa shape index (κ3) is 3.55. The molecular formula is C21H21ClN4O. The van der Waals surface area contributed by atoms with E-state index >= 15 is 0 Å². The van der Waals surface area contributed by atoms with Gasteiger partial charge < -0.3 is 9.80 Å². The summed E-state index contributed by atoms with van der Waals surface area (Å²) in [5, 5.41) is 4.56. The first-order valence-corrected chi connectivity index (χ1v) is 9.41. The number of halogens is 1. The number of anilines is 2. The van der Waals surface area contributed by atoms with Crippen LogP contribution in [0.4, 0.5) is 11.4 Å². The Hall–Kier alpha value is -2.79. The molecule has 2 heterocycles. The van der Waals surface area contributed by atoms with Crippen LogP contribution in [0.3, 0.4) is 0 Å². The van der Waals surface area contributed by atoms with Crippen molar-refractivity contribution in [1.29, 1.82) is 0 Å². The molecule has 1 saturated heterocycles. The first kappa shape index (κ1) is 17.6. The normalized spacial score (nSPS) is 14.4. The van der Waals surface area contributed by atoms with Gasteiger partial charge in [-0.25, -0.2) is 0 Å². The number of piperazine rings is 1. The molecule has 27 heavy (non-hydrogen) atoms. The highest BCUT2D eigenvalue weighted by molar-refractivity contribution is 6.33. The highest BCUT2D eigenvalue weighted by Crippen LogP contribution is 2.25. The zero-order valence-electron chi connectivity index (χ0n) is 15.2. The Morgan fingerprint density at radius 3 is 2.26 bits per heavy atom. The van der Waals surface area contributed by atoms with Crippen LogP contribution < -0.4 is 15.4 Å². The number of nitrogens with zero attached hydrogens (tertiary/aromatic N) is 4. The van der Waals surface area contributed by atoms with Crippen LogP contribution in [0, 0.1) is 6.92 Å². The Kier molecular flexibility index (Phi) is 4.86. The van der Waals surface area contributed by atoms with Gasteiger partial charge in [-0.15, -0.1) is 0 Å². The third-order valence-corrected chi connectivity index (χ3v) is 5.24. The van der Waals surface area contributed by atoms with Gasteiger partial charge in [-0.2, -0.15) is 9.78 Å². The predicted octanol–water partition coefficient (Wildman–Crippen LogP) is 3.52. The summed E-state index contributed by atoms with van der Waals surface area (Å²) >= 11 is 6.43. The van der Waals surface area contributed by atoms with Gasteiger partial charge in [-0.3, -0.25) is 4.79 Å². The molecule has 0 saturated carbocycles. The van der Waals surface area contributed by atoms with Crippen LogP contribution in [0.5, 0.6) is 0 Å². The molecule has 1 fully saturated rings. The lowest BCUT2D eigenvalue weighted by Crippen LogP contribution is -2.47. The number of aryl methyl sites for hydroxylation is 1.